The maximum Gasteiger partial charge on any atom is 0.306 e. The van der Waals surface area contributed by atoms with Crippen molar-refractivity contribution in [2.75, 3.05) is 13.2 Å². The minimum absolute atomic E-state index is 0.0585. The highest BCUT2D eigenvalue weighted by atomic mass is 16.6. The topological polar surface area (TPSA) is 96.0 Å². The van der Waals surface area contributed by atoms with E-state index >= 15 is 0 Å². The molecule has 2 atom stereocenters. The number of Topliss-reactive ketones (excluding diaryl/α,β-unsaturated/α-hetero) is 2. The van der Waals surface area contributed by atoms with E-state index in [1.807, 2.05) is 0 Å². The van der Waals surface area contributed by atoms with Crippen LogP contribution in [-0.4, -0.2) is 48.9 Å². The average Bonchev–Trinajstić information content (AvgIpc) is 2.46. The summed E-state index contributed by atoms with van der Waals surface area (Å²) in [6.45, 7) is 6.47. The van der Waals surface area contributed by atoms with Crippen LogP contribution in [0, 0.1) is 0 Å². The van der Waals surface area contributed by atoms with E-state index in [9.17, 15) is 19.2 Å². The fraction of sp³-hybridized carbons (Fsp3) is 0.750. The molecule has 0 aliphatic heterocycles. The molecule has 0 saturated carbocycles. The Balaban J connectivity index is 3.80. The molecule has 7 nitrogen and oxygen atoms in total. The molecule has 0 aliphatic carbocycles. The van der Waals surface area contributed by atoms with Gasteiger partial charge < -0.3 is 23.8 Å². The average molecular weight is 330 g/mol. The number of hydrogen-bond acceptors (Lipinski definition) is 7. The van der Waals surface area contributed by atoms with Crippen LogP contribution in [-0.2, 0) is 33.4 Å². The lowest BCUT2D eigenvalue weighted by atomic mass is 10.2. The van der Waals surface area contributed by atoms with Gasteiger partial charge in [0.25, 0.3) is 0 Å². The third kappa shape index (κ3) is 13.6. The number of carbonyl (C=O) groups excluding carboxylic acids is 4. The van der Waals surface area contributed by atoms with Gasteiger partial charge in [-0.3, -0.25) is 9.59 Å². The van der Waals surface area contributed by atoms with Gasteiger partial charge in [-0.1, -0.05) is 0 Å². The third-order valence-electron chi connectivity index (χ3n) is 2.79. The molecule has 2 unspecified atom stereocenters. The maximum atomic E-state index is 11.4. The van der Waals surface area contributed by atoms with Crippen LogP contribution in [0.4, 0.5) is 0 Å². The summed E-state index contributed by atoms with van der Waals surface area (Å²) in [5.41, 5.74) is 0. The molecule has 0 bridgehead atoms. The van der Waals surface area contributed by atoms with Crippen LogP contribution in [0.1, 0.15) is 53.4 Å². The Morgan fingerprint density at radius 3 is 1.78 bits per heavy atom. The SMILES string of the molecule is CC(=O)CCC(=O)OCC(C)OCC(C)OC(=O)CCC(C)=O. The summed E-state index contributed by atoms with van der Waals surface area (Å²) in [4.78, 5) is 44.3. The van der Waals surface area contributed by atoms with Crippen molar-refractivity contribution in [1.29, 1.82) is 0 Å². The van der Waals surface area contributed by atoms with Crippen molar-refractivity contribution in [2.45, 2.75) is 65.6 Å². The van der Waals surface area contributed by atoms with Crippen LogP contribution in [0.3, 0.4) is 0 Å². The molecule has 0 amide bonds. The highest BCUT2D eigenvalue weighted by molar-refractivity contribution is 5.81. The van der Waals surface area contributed by atoms with Gasteiger partial charge in [-0.15, -0.1) is 0 Å². The molecule has 0 aliphatic rings. The number of rotatable bonds is 12. The highest BCUT2D eigenvalue weighted by Crippen LogP contribution is 2.02. The minimum atomic E-state index is -0.453. The number of hydrogen-bond donors (Lipinski definition) is 0. The molecule has 0 aromatic heterocycles. The van der Waals surface area contributed by atoms with Gasteiger partial charge in [0.15, 0.2) is 0 Å². The van der Waals surface area contributed by atoms with Gasteiger partial charge >= 0.3 is 11.9 Å². The van der Waals surface area contributed by atoms with Crippen molar-refractivity contribution in [3.8, 4) is 0 Å². The molecule has 23 heavy (non-hydrogen) atoms. The largest absolute Gasteiger partial charge is 0.463 e. The van der Waals surface area contributed by atoms with Gasteiger partial charge in [-0.2, -0.15) is 0 Å². The summed E-state index contributed by atoms with van der Waals surface area (Å²) in [5.74, 6) is -1.02. The van der Waals surface area contributed by atoms with Crippen LogP contribution in [0.2, 0.25) is 0 Å². The van der Waals surface area contributed by atoms with E-state index in [1.54, 1.807) is 13.8 Å². The van der Waals surface area contributed by atoms with E-state index in [1.165, 1.54) is 13.8 Å². The predicted molar refractivity (Wildman–Crippen MR) is 81.8 cm³/mol. The molecule has 0 heterocycles. The molecule has 0 aromatic carbocycles. The molecule has 0 rings (SSSR count). The highest BCUT2D eigenvalue weighted by Gasteiger charge is 2.13. The number of carbonyl (C=O) groups is 4. The van der Waals surface area contributed by atoms with Crippen molar-refractivity contribution in [2.24, 2.45) is 0 Å². The lowest BCUT2D eigenvalue weighted by molar-refractivity contribution is -0.155. The van der Waals surface area contributed by atoms with Crippen molar-refractivity contribution >= 4 is 23.5 Å². The van der Waals surface area contributed by atoms with Crippen molar-refractivity contribution in [1.82, 2.24) is 0 Å². The van der Waals surface area contributed by atoms with E-state index in [-0.39, 0.29) is 56.6 Å². The Morgan fingerprint density at radius 2 is 1.26 bits per heavy atom. The third-order valence-corrected chi connectivity index (χ3v) is 2.79. The number of ether oxygens (including phenoxy) is 3. The molecule has 132 valence electrons. The Hall–Kier alpha value is -1.76. The number of esters is 2. The van der Waals surface area contributed by atoms with Gasteiger partial charge in [0.1, 0.15) is 24.3 Å². The zero-order valence-corrected chi connectivity index (χ0v) is 14.3. The molecule has 7 heteroatoms. The second-order valence-corrected chi connectivity index (χ2v) is 5.53. The van der Waals surface area contributed by atoms with Crippen molar-refractivity contribution in [3.63, 3.8) is 0 Å². The molecule has 0 N–H and O–H groups in total. The zero-order chi connectivity index (χ0) is 17.8. The van der Waals surface area contributed by atoms with Crippen molar-refractivity contribution in [3.05, 3.63) is 0 Å². The molecule has 0 saturated heterocycles. The summed E-state index contributed by atoms with van der Waals surface area (Å²) in [5, 5.41) is 0. The molecule has 0 fully saturated rings. The summed E-state index contributed by atoms with van der Waals surface area (Å²) in [7, 11) is 0. The first-order chi connectivity index (χ1) is 10.7. The quantitative estimate of drug-likeness (QED) is 0.501. The van der Waals surface area contributed by atoms with E-state index in [4.69, 9.17) is 14.2 Å². The van der Waals surface area contributed by atoms with Crippen LogP contribution in [0.5, 0.6) is 0 Å². The van der Waals surface area contributed by atoms with Gasteiger partial charge in [0.2, 0.25) is 0 Å². The Labute approximate surface area is 136 Å². The zero-order valence-electron chi connectivity index (χ0n) is 14.3. The monoisotopic (exact) mass is 330 g/mol. The first-order valence-electron chi connectivity index (χ1n) is 7.66. The number of ketones is 2. The molecular formula is C16H26O7. The first-order valence-corrected chi connectivity index (χ1v) is 7.66. The Kier molecular flexibility index (Phi) is 10.9. The van der Waals surface area contributed by atoms with E-state index in [0.29, 0.717) is 0 Å². The Bertz CT molecular complexity index is 417. The van der Waals surface area contributed by atoms with E-state index < -0.39 is 18.0 Å². The van der Waals surface area contributed by atoms with Crippen LogP contribution < -0.4 is 0 Å². The molecule has 0 aromatic rings. The first kappa shape index (κ1) is 21.2. The fourth-order valence-corrected chi connectivity index (χ4v) is 1.50. The van der Waals surface area contributed by atoms with E-state index in [0.717, 1.165) is 0 Å². The van der Waals surface area contributed by atoms with Crippen LogP contribution in [0.15, 0.2) is 0 Å². The summed E-state index contributed by atoms with van der Waals surface area (Å²) >= 11 is 0. The van der Waals surface area contributed by atoms with Gasteiger partial charge in [-0.25, -0.2) is 0 Å². The molecule has 0 radical (unpaired) electrons. The summed E-state index contributed by atoms with van der Waals surface area (Å²) in [6.07, 6.45) is -0.352. The van der Waals surface area contributed by atoms with Gasteiger partial charge in [0, 0.05) is 12.8 Å². The summed E-state index contributed by atoms with van der Waals surface area (Å²) in [6, 6.07) is 0. The predicted octanol–water partition coefficient (Wildman–Crippen LogP) is 1.60. The van der Waals surface area contributed by atoms with Crippen molar-refractivity contribution < 1.29 is 33.4 Å². The van der Waals surface area contributed by atoms with Gasteiger partial charge in [0.05, 0.1) is 25.6 Å². The second-order valence-electron chi connectivity index (χ2n) is 5.53. The fourth-order valence-electron chi connectivity index (χ4n) is 1.50. The summed E-state index contributed by atoms with van der Waals surface area (Å²) < 4.78 is 15.5. The molecule has 0 spiro atoms. The van der Waals surface area contributed by atoms with Crippen LogP contribution in [0.25, 0.3) is 0 Å². The second kappa shape index (κ2) is 11.8. The van der Waals surface area contributed by atoms with E-state index in [2.05, 4.69) is 0 Å². The molecular weight excluding hydrogens is 304 g/mol. The van der Waals surface area contributed by atoms with Gasteiger partial charge in [-0.05, 0) is 27.7 Å². The smallest absolute Gasteiger partial charge is 0.306 e. The Morgan fingerprint density at radius 1 is 0.739 bits per heavy atom. The van der Waals surface area contributed by atoms with Crippen LogP contribution >= 0.6 is 0 Å². The standard InChI is InChI=1S/C16H26O7/c1-11(17)5-7-15(19)22-9-13(3)21-10-14(4)23-16(20)8-6-12(2)18/h13-14H,5-10H2,1-4H3. The lowest BCUT2D eigenvalue weighted by Gasteiger charge is -2.17. The lowest BCUT2D eigenvalue weighted by Crippen LogP contribution is -2.26. The maximum absolute atomic E-state index is 11.4. The normalized spacial score (nSPS) is 13.0. The minimum Gasteiger partial charge on any atom is -0.463 e.